The number of hydrogen-bond acceptors (Lipinski definition) is 4. The Morgan fingerprint density at radius 3 is 2.50 bits per heavy atom. The van der Waals surface area contributed by atoms with E-state index in [1.807, 2.05) is 31.2 Å². The molecule has 100 valence electrons. The first-order valence-corrected chi connectivity index (χ1v) is 7.45. The van der Waals surface area contributed by atoms with Crippen LogP contribution in [0, 0.1) is 0 Å². The summed E-state index contributed by atoms with van der Waals surface area (Å²) in [6.45, 7) is 4.09. The maximum absolute atomic E-state index is 10.2. The molecular weight excluding hydrogens is 264 g/mol. The molecular formula is C14H20O2S2. The molecule has 0 saturated carbocycles. The topological polar surface area (TPSA) is 29.5 Å². The molecule has 0 saturated heterocycles. The highest BCUT2D eigenvalue weighted by Crippen LogP contribution is 2.25. The molecule has 0 fully saturated rings. The lowest BCUT2D eigenvalue weighted by molar-refractivity contribution is 0.158. The summed E-state index contributed by atoms with van der Waals surface area (Å²) in [5, 5.41) is 10.2. The summed E-state index contributed by atoms with van der Waals surface area (Å²) in [6, 6.07) is 7.81. The number of benzene rings is 1. The van der Waals surface area contributed by atoms with E-state index >= 15 is 0 Å². The molecule has 0 amide bonds. The largest absolute Gasteiger partial charge is 0.497 e. The van der Waals surface area contributed by atoms with Gasteiger partial charge in [-0.2, -0.15) is 0 Å². The van der Waals surface area contributed by atoms with Crippen LogP contribution < -0.4 is 4.74 Å². The van der Waals surface area contributed by atoms with Crippen LogP contribution in [-0.4, -0.2) is 28.3 Å². The zero-order valence-corrected chi connectivity index (χ0v) is 12.7. The van der Waals surface area contributed by atoms with Gasteiger partial charge < -0.3 is 9.84 Å². The molecule has 0 radical (unpaired) electrons. The first-order valence-electron chi connectivity index (χ1n) is 6.06. The van der Waals surface area contributed by atoms with Gasteiger partial charge in [-0.3, -0.25) is 0 Å². The van der Waals surface area contributed by atoms with Gasteiger partial charge in [-0.05, 0) is 23.4 Å². The fourth-order valence-corrected chi connectivity index (χ4v) is 2.83. The number of aliphatic hydroxyl groups excluding tert-OH is 1. The Morgan fingerprint density at radius 1 is 1.39 bits per heavy atom. The minimum absolute atomic E-state index is 0.0753. The van der Waals surface area contributed by atoms with Crippen molar-refractivity contribution in [3.05, 3.63) is 29.8 Å². The summed E-state index contributed by atoms with van der Waals surface area (Å²) >= 11 is 6.85. The van der Waals surface area contributed by atoms with Crippen LogP contribution in [0.15, 0.2) is 24.3 Å². The third-order valence-electron chi connectivity index (χ3n) is 2.90. The van der Waals surface area contributed by atoms with Crippen molar-refractivity contribution >= 4 is 28.2 Å². The summed E-state index contributed by atoms with van der Waals surface area (Å²) in [4.78, 5) is 0. The van der Waals surface area contributed by atoms with E-state index < -0.39 is 6.10 Å². The summed E-state index contributed by atoms with van der Waals surface area (Å²) in [5.74, 6) is 1.87. The maximum Gasteiger partial charge on any atom is 0.118 e. The first kappa shape index (κ1) is 15.5. The monoisotopic (exact) mass is 284 g/mol. The molecule has 0 aromatic heterocycles. The molecule has 4 heteroatoms. The van der Waals surface area contributed by atoms with Gasteiger partial charge in [0.2, 0.25) is 0 Å². The summed E-state index contributed by atoms with van der Waals surface area (Å²) in [6.07, 6.45) is 0.144. The summed E-state index contributed by atoms with van der Waals surface area (Å²) < 4.78 is 6.00. The average molecular weight is 284 g/mol. The minimum Gasteiger partial charge on any atom is -0.497 e. The van der Waals surface area contributed by atoms with E-state index in [2.05, 4.69) is 6.92 Å². The van der Waals surface area contributed by atoms with Gasteiger partial charge in [0, 0.05) is 12.3 Å². The second-order valence-corrected chi connectivity index (χ2v) is 6.25. The zero-order chi connectivity index (χ0) is 13.5. The highest BCUT2D eigenvalue weighted by molar-refractivity contribution is 8.23. The van der Waals surface area contributed by atoms with E-state index in [-0.39, 0.29) is 5.92 Å². The highest BCUT2D eigenvalue weighted by Gasteiger charge is 2.17. The molecule has 0 aliphatic carbocycles. The standard InChI is InChI=1S/C14H20O2S2/c1-4-18-14(17)9-13(15)10(2)11-5-7-12(16-3)8-6-11/h5-8,10,13,15H,4,9H2,1-3H3/t10-,13+/m1/s1. The molecule has 1 N–H and O–H groups in total. The van der Waals surface area contributed by atoms with Crippen molar-refractivity contribution in [3.63, 3.8) is 0 Å². The van der Waals surface area contributed by atoms with Crippen molar-refractivity contribution in [1.82, 2.24) is 0 Å². The maximum atomic E-state index is 10.2. The van der Waals surface area contributed by atoms with Gasteiger partial charge in [0.25, 0.3) is 0 Å². The highest BCUT2D eigenvalue weighted by atomic mass is 32.2. The molecule has 1 aromatic rings. The van der Waals surface area contributed by atoms with Gasteiger partial charge in [-0.1, -0.05) is 38.2 Å². The van der Waals surface area contributed by atoms with E-state index in [0.717, 1.165) is 21.3 Å². The van der Waals surface area contributed by atoms with Crippen LogP contribution in [0.25, 0.3) is 0 Å². The predicted molar refractivity (Wildman–Crippen MR) is 82.8 cm³/mol. The number of rotatable bonds is 6. The van der Waals surface area contributed by atoms with Gasteiger partial charge in [-0.25, -0.2) is 0 Å². The van der Waals surface area contributed by atoms with Crippen LogP contribution in [0.2, 0.25) is 0 Å². The van der Waals surface area contributed by atoms with Crippen molar-refractivity contribution < 1.29 is 9.84 Å². The zero-order valence-electron chi connectivity index (χ0n) is 11.1. The van der Waals surface area contributed by atoms with Gasteiger partial charge in [0.05, 0.1) is 17.4 Å². The van der Waals surface area contributed by atoms with Crippen LogP contribution in [0.3, 0.4) is 0 Å². The number of thiocarbonyl (C=S) groups is 1. The van der Waals surface area contributed by atoms with E-state index in [1.54, 1.807) is 18.9 Å². The SMILES string of the molecule is CCSC(=S)C[C@H](O)[C@H](C)c1ccc(OC)cc1. The van der Waals surface area contributed by atoms with Gasteiger partial charge in [0.15, 0.2) is 0 Å². The lowest BCUT2D eigenvalue weighted by atomic mass is 9.94. The molecule has 0 heterocycles. The number of methoxy groups -OCH3 is 1. The number of hydrogen-bond donors (Lipinski definition) is 1. The van der Waals surface area contributed by atoms with Crippen LogP contribution in [-0.2, 0) is 0 Å². The Morgan fingerprint density at radius 2 is 2.00 bits per heavy atom. The fraction of sp³-hybridized carbons (Fsp3) is 0.500. The van der Waals surface area contributed by atoms with Crippen molar-refractivity contribution in [2.24, 2.45) is 0 Å². The summed E-state index contributed by atoms with van der Waals surface area (Å²) in [7, 11) is 1.65. The molecule has 18 heavy (non-hydrogen) atoms. The Hall–Kier alpha value is -0.580. The van der Waals surface area contributed by atoms with Gasteiger partial charge in [0.1, 0.15) is 5.75 Å². The molecule has 1 aromatic carbocycles. The second-order valence-electron chi connectivity index (χ2n) is 4.14. The molecule has 2 atom stereocenters. The molecule has 0 bridgehead atoms. The Balaban J connectivity index is 2.61. The molecule has 2 nitrogen and oxygen atoms in total. The lowest BCUT2D eigenvalue weighted by Gasteiger charge is -2.19. The van der Waals surface area contributed by atoms with Crippen molar-refractivity contribution in [2.75, 3.05) is 12.9 Å². The average Bonchev–Trinajstić information content (AvgIpc) is 2.38. The molecule has 0 unspecified atom stereocenters. The van der Waals surface area contributed by atoms with Crippen LogP contribution >= 0.6 is 24.0 Å². The number of thioether (sulfide) groups is 1. The van der Waals surface area contributed by atoms with E-state index in [9.17, 15) is 5.11 Å². The molecule has 0 spiro atoms. The summed E-state index contributed by atoms with van der Waals surface area (Å²) in [5.41, 5.74) is 1.10. The van der Waals surface area contributed by atoms with E-state index in [0.29, 0.717) is 6.42 Å². The Bertz CT molecular complexity index is 376. The van der Waals surface area contributed by atoms with Crippen molar-refractivity contribution in [2.45, 2.75) is 32.3 Å². The van der Waals surface area contributed by atoms with E-state index in [1.165, 1.54) is 0 Å². The molecule has 0 aliphatic rings. The number of ether oxygens (including phenoxy) is 1. The second kappa shape index (κ2) is 7.77. The van der Waals surface area contributed by atoms with Crippen molar-refractivity contribution in [1.29, 1.82) is 0 Å². The smallest absolute Gasteiger partial charge is 0.118 e. The lowest BCUT2D eigenvalue weighted by Crippen LogP contribution is -2.18. The Labute approximate surface area is 119 Å². The van der Waals surface area contributed by atoms with Crippen molar-refractivity contribution in [3.8, 4) is 5.75 Å². The fourth-order valence-electron chi connectivity index (χ4n) is 1.70. The Kier molecular flexibility index (Phi) is 6.68. The van der Waals surface area contributed by atoms with Crippen LogP contribution in [0.4, 0.5) is 0 Å². The third kappa shape index (κ3) is 4.59. The minimum atomic E-state index is -0.426. The van der Waals surface area contributed by atoms with Gasteiger partial charge in [-0.15, -0.1) is 11.8 Å². The normalized spacial score (nSPS) is 14.0. The molecule has 1 rings (SSSR count). The predicted octanol–water partition coefficient (Wildman–Crippen LogP) is 3.63. The third-order valence-corrected chi connectivity index (χ3v) is 4.20. The van der Waals surface area contributed by atoms with E-state index in [4.69, 9.17) is 17.0 Å². The number of aliphatic hydroxyl groups is 1. The van der Waals surface area contributed by atoms with Gasteiger partial charge >= 0.3 is 0 Å². The molecule has 0 aliphatic heterocycles. The van der Waals surface area contributed by atoms with Crippen LogP contribution in [0.1, 0.15) is 31.7 Å². The first-order chi connectivity index (χ1) is 8.58. The van der Waals surface area contributed by atoms with Crippen LogP contribution in [0.5, 0.6) is 5.75 Å². The quantitative estimate of drug-likeness (QED) is 0.808.